The average molecular weight is 360 g/mol. The van der Waals surface area contributed by atoms with Gasteiger partial charge >= 0.3 is 0 Å². The molecule has 3 rings (SSSR count). The van der Waals surface area contributed by atoms with Crippen LogP contribution >= 0.6 is 0 Å². The lowest BCUT2D eigenvalue weighted by molar-refractivity contribution is 0.274. The number of phenols is 1. The van der Waals surface area contributed by atoms with Crippen molar-refractivity contribution in [2.75, 3.05) is 0 Å². The predicted octanol–water partition coefficient (Wildman–Crippen LogP) is 5.54. The summed E-state index contributed by atoms with van der Waals surface area (Å²) in [5.74, 6) is 0.167. The largest absolute Gasteiger partial charge is 0.507 e. The predicted molar refractivity (Wildman–Crippen MR) is 111 cm³/mol. The van der Waals surface area contributed by atoms with Crippen molar-refractivity contribution in [2.45, 2.75) is 45.1 Å². The normalized spacial score (nSPS) is 12.2. The van der Waals surface area contributed by atoms with E-state index < -0.39 is 5.41 Å². The average Bonchev–Trinajstić information content (AvgIpc) is 2.68. The molecule has 2 heteroatoms. The van der Waals surface area contributed by atoms with Gasteiger partial charge in [0, 0.05) is 16.5 Å². The van der Waals surface area contributed by atoms with Gasteiger partial charge in [0.1, 0.15) is 5.75 Å². The molecule has 0 unspecified atom stereocenters. The lowest BCUT2D eigenvalue weighted by Crippen LogP contribution is -2.27. The lowest BCUT2D eigenvalue weighted by atomic mass is 9.69. The van der Waals surface area contributed by atoms with Crippen LogP contribution in [-0.4, -0.2) is 10.2 Å². The van der Waals surface area contributed by atoms with Crippen LogP contribution in [0, 0.1) is 0 Å². The third-order valence-electron chi connectivity index (χ3n) is 5.47. The molecule has 0 aromatic heterocycles. The summed E-state index contributed by atoms with van der Waals surface area (Å²) in [4.78, 5) is 0. The van der Waals surface area contributed by atoms with Crippen molar-refractivity contribution in [3.05, 3.63) is 101 Å². The molecular weight excluding hydrogens is 332 g/mol. The molecule has 0 aliphatic rings. The van der Waals surface area contributed by atoms with E-state index in [-0.39, 0.29) is 17.8 Å². The number of aromatic hydroxyl groups is 1. The van der Waals surface area contributed by atoms with Crippen molar-refractivity contribution in [1.29, 1.82) is 0 Å². The Balaban J connectivity index is 2.38. The van der Waals surface area contributed by atoms with Gasteiger partial charge in [0.05, 0.1) is 6.61 Å². The van der Waals surface area contributed by atoms with Crippen LogP contribution in [0.3, 0.4) is 0 Å². The topological polar surface area (TPSA) is 40.5 Å². The fourth-order valence-electron chi connectivity index (χ4n) is 3.65. The second-order valence-electron chi connectivity index (χ2n) is 8.30. The van der Waals surface area contributed by atoms with E-state index in [2.05, 4.69) is 58.0 Å². The van der Waals surface area contributed by atoms with Gasteiger partial charge in [-0.05, 0) is 35.1 Å². The summed E-state index contributed by atoms with van der Waals surface area (Å²) >= 11 is 0. The maximum atomic E-state index is 11.1. The van der Waals surface area contributed by atoms with Crippen molar-refractivity contribution in [3.63, 3.8) is 0 Å². The smallest absolute Gasteiger partial charge is 0.125 e. The zero-order valence-corrected chi connectivity index (χ0v) is 16.5. The molecule has 2 nitrogen and oxygen atoms in total. The molecule has 0 bridgehead atoms. The summed E-state index contributed by atoms with van der Waals surface area (Å²) in [7, 11) is 0. The van der Waals surface area contributed by atoms with E-state index in [0.29, 0.717) is 5.56 Å². The van der Waals surface area contributed by atoms with E-state index in [1.165, 1.54) is 0 Å². The molecule has 0 heterocycles. The molecule has 0 radical (unpaired) electrons. The molecule has 140 valence electrons. The molecule has 0 saturated heterocycles. The van der Waals surface area contributed by atoms with Crippen LogP contribution in [-0.2, 0) is 17.4 Å². The van der Waals surface area contributed by atoms with Crippen LogP contribution in [0.25, 0.3) is 0 Å². The lowest BCUT2D eigenvalue weighted by Gasteiger charge is -2.34. The molecule has 0 saturated carbocycles. The highest BCUT2D eigenvalue weighted by Crippen LogP contribution is 2.45. The van der Waals surface area contributed by atoms with Crippen molar-refractivity contribution in [1.82, 2.24) is 0 Å². The quantitative estimate of drug-likeness (QED) is 0.600. The fraction of sp³-hybridized carbons (Fsp3) is 0.280. The van der Waals surface area contributed by atoms with E-state index in [0.717, 1.165) is 22.3 Å². The SMILES string of the molecule is CC(C)(C)c1cc(CO)c(O)c(C(C)(c2ccccc2)c2ccccc2)c1. The molecule has 3 aromatic carbocycles. The van der Waals surface area contributed by atoms with Crippen molar-refractivity contribution in [2.24, 2.45) is 0 Å². The zero-order valence-electron chi connectivity index (χ0n) is 16.5. The first-order chi connectivity index (χ1) is 12.8. The first-order valence-electron chi connectivity index (χ1n) is 9.37. The number of aliphatic hydroxyl groups is 1. The fourth-order valence-corrected chi connectivity index (χ4v) is 3.65. The third kappa shape index (κ3) is 3.50. The summed E-state index contributed by atoms with van der Waals surface area (Å²) in [5.41, 5.74) is 4.03. The maximum Gasteiger partial charge on any atom is 0.125 e. The molecule has 0 aliphatic heterocycles. The second-order valence-corrected chi connectivity index (χ2v) is 8.30. The Kier molecular flexibility index (Phi) is 5.12. The van der Waals surface area contributed by atoms with Crippen molar-refractivity contribution in [3.8, 4) is 5.75 Å². The molecule has 0 fully saturated rings. The van der Waals surface area contributed by atoms with Crippen molar-refractivity contribution < 1.29 is 10.2 Å². The Labute approximate surface area is 162 Å². The van der Waals surface area contributed by atoms with Gasteiger partial charge in [-0.1, -0.05) is 87.5 Å². The highest BCUT2D eigenvalue weighted by molar-refractivity contribution is 5.58. The van der Waals surface area contributed by atoms with Crippen LogP contribution in [0.4, 0.5) is 0 Å². The van der Waals surface area contributed by atoms with E-state index in [1.807, 2.05) is 42.5 Å². The first kappa shape index (κ1) is 19.2. The molecule has 27 heavy (non-hydrogen) atoms. The number of aliphatic hydroxyl groups excluding tert-OH is 1. The maximum absolute atomic E-state index is 11.1. The summed E-state index contributed by atoms with van der Waals surface area (Å²) in [6.45, 7) is 8.38. The van der Waals surface area contributed by atoms with Gasteiger partial charge in [-0.3, -0.25) is 0 Å². The summed E-state index contributed by atoms with van der Waals surface area (Å²) in [5, 5.41) is 21.0. The minimum absolute atomic E-state index is 0.0966. The van der Waals surface area contributed by atoms with Gasteiger partial charge in [0.15, 0.2) is 0 Å². The molecule has 0 spiro atoms. The van der Waals surface area contributed by atoms with Gasteiger partial charge in [-0.25, -0.2) is 0 Å². The summed E-state index contributed by atoms with van der Waals surface area (Å²) < 4.78 is 0. The number of rotatable bonds is 4. The number of hydrogen-bond acceptors (Lipinski definition) is 2. The minimum atomic E-state index is -0.544. The summed E-state index contributed by atoms with van der Waals surface area (Å²) in [6.07, 6.45) is 0. The van der Waals surface area contributed by atoms with Gasteiger partial charge in [0.25, 0.3) is 0 Å². The van der Waals surface area contributed by atoms with E-state index in [9.17, 15) is 10.2 Å². The molecule has 3 aromatic rings. The van der Waals surface area contributed by atoms with Gasteiger partial charge < -0.3 is 10.2 Å². The van der Waals surface area contributed by atoms with Crippen molar-refractivity contribution >= 4 is 0 Å². The van der Waals surface area contributed by atoms with Crippen LogP contribution in [0.5, 0.6) is 5.75 Å². The molecular formula is C25H28O2. The van der Waals surface area contributed by atoms with E-state index in [4.69, 9.17) is 0 Å². The van der Waals surface area contributed by atoms with Crippen LogP contribution in [0.2, 0.25) is 0 Å². The number of benzene rings is 3. The Morgan fingerprint density at radius 3 is 1.59 bits per heavy atom. The van der Waals surface area contributed by atoms with Gasteiger partial charge in [0.2, 0.25) is 0 Å². The Morgan fingerprint density at radius 2 is 1.19 bits per heavy atom. The van der Waals surface area contributed by atoms with Gasteiger partial charge in [-0.15, -0.1) is 0 Å². The monoisotopic (exact) mass is 360 g/mol. The minimum Gasteiger partial charge on any atom is -0.507 e. The van der Waals surface area contributed by atoms with E-state index >= 15 is 0 Å². The Morgan fingerprint density at radius 1 is 0.704 bits per heavy atom. The molecule has 2 N–H and O–H groups in total. The Bertz CT molecular complexity index is 867. The zero-order chi connectivity index (χ0) is 19.7. The standard InChI is InChI=1S/C25H28O2/c1-24(2,3)21-15-18(17-26)23(27)22(16-21)25(4,19-11-7-5-8-12-19)20-13-9-6-10-14-20/h5-16,26-27H,17H2,1-4H3. The van der Waals surface area contributed by atoms with Crippen LogP contribution in [0.15, 0.2) is 72.8 Å². The second kappa shape index (κ2) is 7.21. The number of hydrogen-bond donors (Lipinski definition) is 2. The Hall–Kier alpha value is -2.58. The van der Waals surface area contributed by atoms with Crippen LogP contribution in [0.1, 0.15) is 55.5 Å². The highest BCUT2D eigenvalue weighted by Gasteiger charge is 2.35. The van der Waals surface area contributed by atoms with Gasteiger partial charge in [-0.2, -0.15) is 0 Å². The molecule has 0 aliphatic carbocycles. The highest BCUT2D eigenvalue weighted by atomic mass is 16.3. The van der Waals surface area contributed by atoms with E-state index in [1.54, 1.807) is 0 Å². The van der Waals surface area contributed by atoms with Crippen LogP contribution < -0.4 is 0 Å². The summed E-state index contributed by atoms with van der Waals surface area (Å²) in [6, 6.07) is 24.5. The first-order valence-corrected chi connectivity index (χ1v) is 9.37. The molecule has 0 amide bonds. The molecule has 0 atom stereocenters. The third-order valence-corrected chi connectivity index (χ3v) is 5.47.